The lowest BCUT2D eigenvalue weighted by Crippen LogP contribution is -2.64. The molecule has 0 amide bonds. The fourth-order valence-electron chi connectivity index (χ4n) is 2.59. The zero-order chi connectivity index (χ0) is 15.1. The van der Waals surface area contributed by atoms with E-state index in [2.05, 4.69) is 23.8 Å². The number of methoxy groups -OCH3 is 1. The Morgan fingerprint density at radius 2 is 2.00 bits per heavy atom. The zero-order valence-electron chi connectivity index (χ0n) is 13.0. The SMILES string of the molecule is CO[C@]1(C)C[C@@H](OC(=O)c2cnc(C)nc2C)C1(C)C. The number of hydrogen-bond donors (Lipinski definition) is 0. The fraction of sp³-hybridized carbons (Fsp3) is 0.667. The smallest absolute Gasteiger partial charge is 0.341 e. The highest BCUT2D eigenvalue weighted by Crippen LogP contribution is 2.53. The zero-order valence-corrected chi connectivity index (χ0v) is 13.0. The van der Waals surface area contributed by atoms with Crippen LogP contribution in [0.15, 0.2) is 6.20 Å². The van der Waals surface area contributed by atoms with Crippen LogP contribution in [-0.4, -0.2) is 34.8 Å². The molecule has 0 N–H and O–H groups in total. The second kappa shape index (κ2) is 4.81. The van der Waals surface area contributed by atoms with Gasteiger partial charge >= 0.3 is 5.97 Å². The van der Waals surface area contributed by atoms with Crippen molar-refractivity contribution in [2.24, 2.45) is 5.41 Å². The molecule has 0 saturated heterocycles. The highest BCUT2D eigenvalue weighted by molar-refractivity contribution is 5.90. The summed E-state index contributed by atoms with van der Waals surface area (Å²) in [6.45, 7) is 9.72. The van der Waals surface area contributed by atoms with E-state index in [1.807, 2.05) is 6.92 Å². The Morgan fingerprint density at radius 1 is 1.35 bits per heavy atom. The summed E-state index contributed by atoms with van der Waals surface area (Å²) in [6.07, 6.45) is 2.08. The molecule has 1 aromatic heterocycles. The lowest BCUT2D eigenvalue weighted by Gasteiger charge is -2.57. The van der Waals surface area contributed by atoms with Crippen LogP contribution in [0.5, 0.6) is 0 Å². The Labute approximate surface area is 119 Å². The summed E-state index contributed by atoms with van der Waals surface area (Å²) in [7, 11) is 1.69. The molecule has 0 unspecified atom stereocenters. The summed E-state index contributed by atoms with van der Waals surface area (Å²) in [4.78, 5) is 20.5. The largest absolute Gasteiger partial charge is 0.458 e. The van der Waals surface area contributed by atoms with Gasteiger partial charge in [0.15, 0.2) is 0 Å². The summed E-state index contributed by atoms with van der Waals surface area (Å²) >= 11 is 0. The molecule has 20 heavy (non-hydrogen) atoms. The van der Waals surface area contributed by atoms with Crippen LogP contribution in [0, 0.1) is 19.3 Å². The van der Waals surface area contributed by atoms with Crippen LogP contribution < -0.4 is 0 Å². The molecule has 5 heteroatoms. The lowest BCUT2D eigenvalue weighted by molar-refractivity contribution is -0.229. The quantitative estimate of drug-likeness (QED) is 0.795. The van der Waals surface area contributed by atoms with Gasteiger partial charge in [0, 0.05) is 25.1 Å². The molecular weight excluding hydrogens is 256 g/mol. The third kappa shape index (κ3) is 2.20. The van der Waals surface area contributed by atoms with Crippen LogP contribution in [0.2, 0.25) is 0 Å². The highest BCUT2D eigenvalue weighted by atomic mass is 16.6. The first kappa shape index (κ1) is 14.9. The summed E-state index contributed by atoms with van der Waals surface area (Å²) in [5.74, 6) is 0.286. The Kier molecular flexibility index (Phi) is 3.58. The molecule has 1 heterocycles. The average molecular weight is 278 g/mol. The van der Waals surface area contributed by atoms with Crippen LogP contribution in [0.3, 0.4) is 0 Å². The summed E-state index contributed by atoms with van der Waals surface area (Å²) < 4.78 is 11.1. The molecule has 1 saturated carbocycles. The Morgan fingerprint density at radius 3 is 2.50 bits per heavy atom. The maximum Gasteiger partial charge on any atom is 0.341 e. The van der Waals surface area contributed by atoms with Gasteiger partial charge in [-0.15, -0.1) is 0 Å². The minimum Gasteiger partial charge on any atom is -0.458 e. The molecule has 0 bridgehead atoms. The average Bonchev–Trinajstić information content (AvgIpc) is 2.37. The first-order valence-corrected chi connectivity index (χ1v) is 6.77. The molecule has 1 aliphatic carbocycles. The number of hydrogen-bond acceptors (Lipinski definition) is 5. The van der Waals surface area contributed by atoms with Crippen LogP contribution in [0.1, 0.15) is 49.1 Å². The van der Waals surface area contributed by atoms with E-state index in [0.717, 1.165) is 0 Å². The molecule has 1 aliphatic rings. The van der Waals surface area contributed by atoms with Gasteiger partial charge in [-0.05, 0) is 20.8 Å². The minimum absolute atomic E-state index is 0.152. The molecule has 2 atom stereocenters. The van der Waals surface area contributed by atoms with E-state index in [4.69, 9.17) is 9.47 Å². The maximum atomic E-state index is 12.2. The molecule has 0 radical (unpaired) electrons. The van der Waals surface area contributed by atoms with E-state index < -0.39 is 0 Å². The van der Waals surface area contributed by atoms with Crippen molar-refractivity contribution in [1.82, 2.24) is 9.97 Å². The van der Waals surface area contributed by atoms with Crippen molar-refractivity contribution in [2.45, 2.75) is 52.7 Å². The molecule has 0 spiro atoms. The van der Waals surface area contributed by atoms with E-state index in [1.165, 1.54) is 6.20 Å². The number of aromatic nitrogens is 2. The normalized spacial score (nSPS) is 27.8. The number of rotatable bonds is 3. The van der Waals surface area contributed by atoms with Gasteiger partial charge in [0.25, 0.3) is 0 Å². The van der Waals surface area contributed by atoms with Crippen molar-refractivity contribution in [1.29, 1.82) is 0 Å². The molecule has 0 aliphatic heterocycles. The van der Waals surface area contributed by atoms with Crippen molar-refractivity contribution in [3.63, 3.8) is 0 Å². The Balaban J connectivity index is 2.11. The number of esters is 1. The topological polar surface area (TPSA) is 61.3 Å². The van der Waals surface area contributed by atoms with Crippen molar-refractivity contribution in [3.05, 3.63) is 23.3 Å². The number of ether oxygens (including phenoxy) is 2. The van der Waals surface area contributed by atoms with Crippen molar-refractivity contribution in [3.8, 4) is 0 Å². The van der Waals surface area contributed by atoms with E-state index in [1.54, 1.807) is 21.0 Å². The number of carbonyl (C=O) groups excluding carboxylic acids is 1. The van der Waals surface area contributed by atoms with Crippen molar-refractivity contribution in [2.75, 3.05) is 7.11 Å². The van der Waals surface area contributed by atoms with E-state index in [9.17, 15) is 4.79 Å². The standard InChI is InChI=1S/C15H22N2O3/c1-9-11(8-16-10(2)17-9)13(18)20-12-7-15(5,19-6)14(12,3)4/h8,12H,7H2,1-6H3/t12-,15-/m1/s1. The maximum absolute atomic E-state index is 12.2. The third-order valence-electron chi connectivity index (χ3n) is 4.76. The van der Waals surface area contributed by atoms with Gasteiger partial charge in [0.2, 0.25) is 0 Å². The Bertz CT molecular complexity index is 542. The monoisotopic (exact) mass is 278 g/mol. The molecule has 0 aromatic carbocycles. The molecule has 1 fully saturated rings. The number of nitrogens with zero attached hydrogens (tertiary/aromatic N) is 2. The van der Waals surface area contributed by atoms with Crippen LogP contribution in [-0.2, 0) is 9.47 Å². The lowest BCUT2D eigenvalue weighted by atomic mass is 9.57. The van der Waals surface area contributed by atoms with Gasteiger partial charge in [0.1, 0.15) is 11.9 Å². The summed E-state index contributed by atoms with van der Waals surface area (Å²) in [6, 6.07) is 0. The number of carbonyl (C=O) groups is 1. The van der Waals surface area contributed by atoms with Crippen molar-refractivity contribution >= 4 is 5.97 Å². The van der Waals surface area contributed by atoms with Gasteiger partial charge in [-0.25, -0.2) is 14.8 Å². The molecular formula is C15H22N2O3. The van der Waals surface area contributed by atoms with E-state index >= 15 is 0 Å². The predicted molar refractivity (Wildman–Crippen MR) is 74.5 cm³/mol. The first-order chi connectivity index (χ1) is 9.21. The number of aryl methyl sites for hydroxylation is 2. The van der Waals surface area contributed by atoms with Gasteiger partial charge in [0.05, 0.1) is 16.9 Å². The molecule has 2 rings (SSSR count). The first-order valence-electron chi connectivity index (χ1n) is 6.77. The highest BCUT2D eigenvalue weighted by Gasteiger charge is 2.60. The second-order valence-corrected chi connectivity index (χ2v) is 6.17. The minimum atomic E-state index is -0.362. The predicted octanol–water partition coefficient (Wildman–Crippen LogP) is 2.45. The summed E-state index contributed by atoms with van der Waals surface area (Å²) in [5, 5.41) is 0. The van der Waals surface area contributed by atoms with E-state index in [0.29, 0.717) is 23.5 Å². The second-order valence-electron chi connectivity index (χ2n) is 6.17. The summed E-state index contributed by atoms with van der Waals surface area (Å²) in [5.41, 5.74) is 0.611. The van der Waals surface area contributed by atoms with E-state index in [-0.39, 0.29) is 23.1 Å². The van der Waals surface area contributed by atoms with Gasteiger partial charge in [-0.2, -0.15) is 0 Å². The Hall–Kier alpha value is -1.49. The van der Waals surface area contributed by atoms with Crippen molar-refractivity contribution < 1.29 is 14.3 Å². The van der Waals surface area contributed by atoms with Gasteiger partial charge < -0.3 is 9.47 Å². The van der Waals surface area contributed by atoms with Gasteiger partial charge in [-0.1, -0.05) is 13.8 Å². The fourth-order valence-corrected chi connectivity index (χ4v) is 2.59. The molecule has 1 aromatic rings. The van der Waals surface area contributed by atoms with Crippen LogP contribution in [0.4, 0.5) is 0 Å². The third-order valence-corrected chi connectivity index (χ3v) is 4.76. The molecule has 5 nitrogen and oxygen atoms in total. The van der Waals surface area contributed by atoms with Crippen LogP contribution >= 0.6 is 0 Å². The van der Waals surface area contributed by atoms with Gasteiger partial charge in [-0.3, -0.25) is 0 Å². The molecule has 110 valence electrons. The van der Waals surface area contributed by atoms with Crippen LogP contribution in [0.25, 0.3) is 0 Å².